The van der Waals surface area contributed by atoms with Gasteiger partial charge in [-0.15, -0.1) is 0 Å². The summed E-state index contributed by atoms with van der Waals surface area (Å²) in [5.74, 6) is -0.374. The van der Waals surface area contributed by atoms with Crippen molar-refractivity contribution in [1.82, 2.24) is 0 Å². The van der Waals surface area contributed by atoms with Gasteiger partial charge >= 0.3 is 5.63 Å². The van der Waals surface area contributed by atoms with E-state index < -0.39 is 18.3 Å². The smallest absolute Gasteiger partial charge is 0.383 e. The van der Waals surface area contributed by atoms with Crippen LogP contribution in [0, 0.1) is 0 Å². The van der Waals surface area contributed by atoms with Crippen LogP contribution in [0.3, 0.4) is 0 Å². The van der Waals surface area contributed by atoms with Crippen LogP contribution in [0.4, 0.5) is 0 Å². The Morgan fingerprint density at radius 1 is 1.20 bits per heavy atom. The topological polar surface area (TPSA) is 109 Å². The van der Waals surface area contributed by atoms with Crippen molar-refractivity contribution < 1.29 is 29.2 Å². The van der Waals surface area contributed by atoms with E-state index in [-0.39, 0.29) is 34.8 Å². The van der Waals surface area contributed by atoms with Gasteiger partial charge in [-0.25, -0.2) is 4.79 Å². The minimum Gasteiger partial charge on any atom is -0.503 e. The largest absolute Gasteiger partial charge is 0.503 e. The second-order valence-electron chi connectivity index (χ2n) is 5.75. The van der Waals surface area contributed by atoms with Gasteiger partial charge < -0.3 is 29.2 Å². The van der Waals surface area contributed by atoms with Gasteiger partial charge in [-0.3, -0.25) is 0 Å². The van der Waals surface area contributed by atoms with Crippen LogP contribution < -0.4 is 15.1 Å². The Morgan fingerprint density at radius 3 is 2.72 bits per heavy atom. The maximum absolute atomic E-state index is 12.0. The highest BCUT2D eigenvalue weighted by molar-refractivity contribution is 5.91. The molecule has 0 spiro atoms. The molecule has 1 atom stereocenters. The third-order valence-electron chi connectivity index (χ3n) is 3.71. The number of aromatic hydroxyl groups is 1. The summed E-state index contributed by atoms with van der Waals surface area (Å²) in [5, 5.41) is 28.9. The maximum atomic E-state index is 12.0. The van der Waals surface area contributed by atoms with Crippen molar-refractivity contribution in [1.29, 1.82) is 0 Å². The lowest BCUT2D eigenvalue weighted by Gasteiger charge is -2.13. The fourth-order valence-electron chi connectivity index (χ4n) is 2.38. The molecule has 0 aliphatic carbocycles. The Morgan fingerprint density at radius 2 is 2.00 bits per heavy atom. The summed E-state index contributed by atoms with van der Waals surface area (Å²) in [5.41, 5.74) is -0.607. The van der Waals surface area contributed by atoms with E-state index >= 15 is 0 Å². The third-order valence-corrected chi connectivity index (χ3v) is 3.71. The van der Waals surface area contributed by atoms with Crippen molar-refractivity contribution in [2.45, 2.75) is 38.7 Å². The zero-order valence-electron chi connectivity index (χ0n) is 14.2. The van der Waals surface area contributed by atoms with E-state index in [0.29, 0.717) is 6.61 Å². The van der Waals surface area contributed by atoms with Crippen molar-refractivity contribution in [2.24, 2.45) is 0 Å². The van der Waals surface area contributed by atoms with Gasteiger partial charge in [-0.2, -0.15) is 0 Å². The summed E-state index contributed by atoms with van der Waals surface area (Å²) in [4.78, 5) is 12.0. The van der Waals surface area contributed by atoms with E-state index in [9.17, 15) is 15.0 Å². The number of hydrogen-bond donors (Lipinski definition) is 3. The number of rotatable bonds is 10. The lowest BCUT2D eigenvalue weighted by atomic mass is 10.2. The van der Waals surface area contributed by atoms with E-state index in [4.69, 9.17) is 19.0 Å². The first-order chi connectivity index (χ1) is 12.1. The fourth-order valence-corrected chi connectivity index (χ4v) is 2.38. The van der Waals surface area contributed by atoms with Crippen LogP contribution >= 0.6 is 0 Å². The van der Waals surface area contributed by atoms with Gasteiger partial charge in [0.15, 0.2) is 5.75 Å². The molecule has 7 heteroatoms. The molecular weight excluding hydrogens is 328 g/mol. The molecule has 1 aromatic carbocycles. The van der Waals surface area contributed by atoms with E-state index in [2.05, 4.69) is 6.92 Å². The van der Waals surface area contributed by atoms with E-state index in [0.717, 1.165) is 25.7 Å². The number of fused-ring (bicyclic) bond motifs is 1. The highest BCUT2D eigenvalue weighted by Gasteiger charge is 2.19. The standard InChI is InChI=1S/C18H24O7/c1-2-3-4-5-9-23-17-16(21)15-13(24-11-12(20)10-19)7-6-8-14(15)25-18(17)22/h6-8,12,19-21H,2-5,9-11H2,1H3. The highest BCUT2D eigenvalue weighted by atomic mass is 16.5. The monoisotopic (exact) mass is 352 g/mol. The van der Waals surface area contributed by atoms with E-state index in [1.54, 1.807) is 12.1 Å². The summed E-state index contributed by atoms with van der Waals surface area (Å²) in [6.07, 6.45) is 2.86. The predicted octanol–water partition coefficient (Wildman–Crippen LogP) is 2.19. The molecule has 0 aliphatic rings. The van der Waals surface area contributed by atoms with Gasteiger partial charge in [0.05, 0.1) is 13.2 Å². The summed E-state index contributed by atoms with van der Waals surface area (Å²) in [7, 11) is 0. The quantitative estimate of drug-likeness (QED) is 0.444. The van der Waals surface area contributed by atoms with E-state index in [1.807, 2.05) is 0 Å². The first kappa shape index (κ1) is 19.1. The molecule has 2 aromatic rings. The summed E-state index contributed by atoms with van der Waals surface area (Å²) in [6.45, 7) is 1.79. The molecule has 1 aromatic heterocycles. The molecule has 0 bridgehead atoms. The molecule has 0 aliphatic heterocycles. The summed E-state index contributed by atoms with van der Waals surface area (Å²) < 4.78 is 16.0. The molecule has 0 saturated heterocycles. The second-order valence-corrected chi connectivity index (χ2v) is 5.75. The highest BCUT2D eigenvalue weighted by Crippen LogP contribution is 2.37. The van der Waals surface area contributed by atoms with Crippen LogP contribution in [0.15, 0.2) is 27.4 Å². The van der Waals surface area contributed by atoms with Crippen LogP contribution in [0.5, 0.6) is 17.2 Å². The first-order valence-electron chi connectivity index (χ1n) is 8.41. The molecule has 0 radical (unpaired) electrons. The van der Waals surface area contributed by atoms with Crippen molar-refractivity contribution in [3.8, 4) is 17.2 Å². The van der Waals surface area contributed by atoms with Gasteiger partial charge in [0, 0.05) is 0 Å². The molecular formula is C18H24O7. The third kappa shape index (κ3) is 4.87. The molecule has 3 N–H and O–H groups in total. The second kappa shape index (κ2) is 9.29. The fraction of sp³-hybridized carbons (Fsp3) is 0.500. The number of aliphatic hydroxyl groups is 2. The molecule has 7 nitrogen and oxygen atoms in total. The molecule has 1 unspecified atom stereocenters. The van der Waals surface area contributed by atoms with Gasteiger partial charge in [0.25, 0.3) is 0 Å². The zero-order chi connectivity index (χ0) is 18.2. The Kier molecular flexibility index (Phi) is 7.09. The first-order valence-corrected chi connectivity index (χ1v) is 8.41. The van der Waals surface area contributed by atoms with Crippen molar-refractivity contribution in [2.75, 3.05) is 19.8 Å². The van der Waals surface area contributed by atoms with Gasteiger partial charge in [0.1, 0.15) is 29.4 Å². The van der Waals surface area contributed by atoms with Crippen LogP contribution in [0.1, 0.15) is 32.6 Å². The normalized spacial score (nSPS) is 12.3. The Balaban J connectivity index is 2.26. The molecule has 25 heavy (non-hydrogen) atoms. The number of unbranched alkanes of at least 4 members (excludes halogenated alkanes) is 3. The summed E-state index contributed by atoms with van der Waals surface area (Å²) >= 11 is 0. The Labute approximate surface area is 145 Å². The van der Waals surface area contributed by atoms with Gasteiger partial charge in [-0.1, -0.05) is 32.3 Å². The molecule has 0 saturated carbocycles. The van der Waals surface area contributed by atoms with Gasteiger partial charge in [-0.05, 0) is 18.6 Å². The Bertz CT molecular complexity index is 738. The minimum absolute atomic E-state index is 0.150. The number of ether oxygens (including phenoxy) is 2. The van der Waals surface area contributed by atoms with Crippen LogP contribution in [-0.2, 0) is 0 Å². The minimum atomic E-state index is -1.05. The zero-order valence-corrected chi connectivity index (χ0v) is 14.2. The van der Waals surface area contributed by atoms with Gasteiger partial charge in [0.2, 0.25) is 5.75 Å². The average molecular weight is 352 g/mol. The lowest BCUT2D eigenvalue weighted by molar-refractivity contribution is 0.0540. The SMILES string of the molecule is CCCCCCOc1c(O)c2c(OCC(O)CO)cccc2oc1=O. The van der Waals surface area contributed by atoms with Crippen molar-refractivity contribution in [3.05, 3.63) is 28.6 Å². The van der Waals surface area contributed by atoms with Crippen molar-refractivity contribution >= 4 is 11.0 Å². The van der Waals surface area contributed by atoms with E-state index in [1.165, 1.54) is 6.07 Å². The van der Waals surface area contributed by atoms with Crippen LogP contribution in [0.2, 0.25) is 0 Å². The molecule has 0 fully saturated rings. The number of hydrogen-bond acceptors (Lipinski definition) is 7. The molecule has 0 amide bonds. The maximum Gasteiger partial charge on any atom is 0.383 e. The summed E-state index contributed by atoms with van der Waals surface area (Å²) in [6, 6.07) is 4.69. The molecule has 138 valence electrons. The number of benzene rings is 1. The average Bonchev–Trinajstić information content (AvgIpc) is 2.61. The number of aliphatic hydroxyl groups excluding tert-OH is 2. The lowest BCUT2D eigenvalue weighted by Crippen LogP contribution is -2.21. The molecule has 2 rings (SSSR count). The van der Waals surface area contributed by atoms with Crippen molar-refractivity contribution in [3.63, 3.8) is 0 Å². The Hall–Kier alpha value is -2.25. The van der Waals surface area contributed by atoms with Crippen LogP contribution in [-0.4, -0.2) is 41.2 Å². The van der Waals surface area contributed by atoms with Crippen LogP contribution in [0.25, 0.3) is 11.0 Å². The molecule has 1 heterocycles. The predicted molar refractivity (Wildman–Crippen MR) is 92.4 cm³/mol.